The second-order valence-corrected chi connectivity index (χ2v) is 6.20. The fourth-order valence-corrected chi connectivity index (χ4v) is 3.41. The molecule has 0 radical (unpaired) electrons. The lowest BCUT2D eigenvalue weighted by Gasteiger charge is -2.17. The van der Waals surface area contributed by atoms with E-state index in [0.29, 0.717) is 57.8 Å². The lowest BCUT2D eigenvalue weighted by Crippen LogP contribution is -2.10. The van der Waals surface area contributed by atoms with Crippen LogP contribution in [0, 0.1) is 0 Å². The number of aromatic amines is 1. The Labute approximate surface area is 163 Å². The number of rotatable bonds is 10. The minimum Gasteiger partial charge on any atom is -0.461 e. The highest BCUT2D eigenvalue weighted by molar-refractivity contribution is 5.93. The smallest absolute Gasteiger partial charge is 0.355 e. The van der Waals surface area contributed by atoms with Gasteiger partial charge < -0.3 is 35.5 Å². The topological polar surface area (TPSA) is 138 Å². The molecule has 0 saturated carbocycles. The van der Waals surface area contributed by atoms with Gasteiger partial charge in [0, 0.05) is 24.9 Å². The molecule has 1 aromatic heterocycles. The SMILES string of the molecule is CCOC(=O)c1[nH]c(CN)c(-c2ccc(CO)c(CO)c2CO)c1CCOC. The number of H-pyrrole nitrogens is 1. The summed E-state index contributed by atoms with van der Waals surface area (Å²) in [7, 11) is 1.57. The molecule has 0 fully saturated rings. The Hall–Kier alpha value is -2.23. The fourth-order valence-electron chi connectivity index (χ4n) is 3.41. The standard InChI is InChI=1S/C20H28N2O6/c1-3-28-20(26)19-14(6-7-27-2)18(17(8-21)22-19)13-5-4-12(9-23)15(10-24)16(13)11-25/h4-5,22-25H,3,6-11,21H2,1-2H3. The van der Waals surface area contributed by atoms with Gasteiger partial charge in [0.2, 0.25) is 0 Å². The molecule has 0 atom stereocenters. The zero-order valence-electron chi connectivity index (χ0n) is 16.2. The number of nitrogens with one attached hydrogen (secondary N) is 1. The molecule has 0 saturated heterocycles. The second-order valence-electron chi connectivity index (χ2n) is 6.20. The maximum absolute atomic E-state index is 12.5. The molecule has 0 aliphatic carbocycles. The Morgan fingerprint density at radius 2 is 1.82 bits per heavy atom. The maximum atomic E-state index is 12.5. The summed E-state index contributed by atoms with van der Waals surface area (Å²) < 4.78 is 10.4. The van der Waals surface area contributed by atoms with Crippen LogP contribution in [0.25, 0.3) is 11.1 Å². The first-order valence-electron chi connectivity index (χ1n) is 9.14. The lowest BCUT2D eigenvalue weighted by molar-refractivity contribution is 0.0518. The number of ether oxygens (including phenoxy) is 2. The van der Waals surface area contributed by atoms with Crippen LogP contribution in [-0.2, 0) is 42.3 Å². The van der Waals surface area contributed by atoms with Gasteiger partial charge in [-0.3, -0.25) is 0 Å². The Bertz CT molecular complexity index is 816. The summed E-state index contributed by atoms with van der Waals surface area (Å²) in [6.07, 6.45) is 0.428. The van der Waals surface area contributed by atoms with Crippen LogP contribution in [0.5, 0.6) is 0 Å². The molecule has 6 N–H and O–H groups in total. The van der Waals surface area contributed by atoms with Crippen molar-refractivity contribution < 1.29 is 29.6 Å². The predicted octanol–water partition coefficient (Wildman–Crippen LogP) is 0.983. The minimum atomic E-state index is -0.491. The highest BCUT2D eigenvalue weighted by Crippen LogP contribution is 2.36. The molecule has 1 aromatic carbocycles. The molecule has 0 spiro atoms. The summed E-state index contributed by atoms with van der Waals surface area (Å²) in [4.78, 5) is 15.5. The summed E-state index contributed by atoms with van der Waals surface area (Å²) in [6.45, 7) is 1.53. The first kappa shape index (κ1) is 22.1. The number of methoxy groups -OCH3 is 1. The first-order valence-corrected chi connectivity index (χ1v) is 9.14. The molecule has 28 heavy (non-hydrogen) atoms. The van der Waals surface area contributed by atoms with E-state index in [2.05, 4.69) is 4.98 Å². The van der Waals surface area contributed by atoms with Gasteiger partial charge in [-0.2, -0.15) is 0 Å². The minimum absolute atomic E-state index is 0.135. The van der Waals surface area contributed by atoms with Gasteiger partial charge in [-0.25, -0.2) is 4.79 Å². The van der Waals surface area contributed by atoms with Crippen molar-refractivity contribution in [2.45, 2.75) is 39.7 Å². The number of hydrogen-bond donors (Lipinski definition) is 5. The van der Waals surface area contributed by atoms with Crippen molar-refractivity contribution in [3.63, 3.8) is 0 Å². The highest BCUT2D eigenvalue weighted by Gasteiger charge is 2.25. The van der Waals surface area contributed by atoms with Gasteiger partial charge in [0.25, 0.3) is 0 Å². The van der Waals surface area contributed by atoms with Crippen LogP contribution in [0.15, 0.2) is 12.1 Å². The Kier molecular flexibility index (Phi) is 8.16. The molecule has 0 aliphatic rings. The molecular formula is C20H28N2O6. The maximum Gasteiger partial charge on any atom is 0.355 e. The summed E-state index contributed by atoms with van der Waals surface area (Å²) >= 11 is 0. The van der Waals surface area contributed by atoms with Crippen molar-refractivity contribution in [2.75, 3.05) is 20.3 Å². The van der Waals surface area contributed by atoms with E-state index in [1.807, 2.05) is 0 Å². The number of aliphatic hydroxyl groups excluding tert-OH is 3. The van der Waals surface area contributed by atoms with Crippen molar-refractivity contribution >= 4 is 5.97 Å². The number of hydrogen-bond acceptors (Lipinski definition) is 7. The van der Waals surface area contributed by atoms with Crippen LogP contribution >= 0.6 is 0 Å². The third-order valence-electron chi connectivity index (χ3n) is 4.71. The zero-order chi connectivity index (χ0) is 20.7. The van der Waals surface area contributed by atoms with Crippen molar-refractivity contribution in [1.82, 2.24) is 4.98 Å². The van der Waals surface area contributed by atoms with Gasteiger partial charge in [-0.15, -0.1) is 0 Å². The number of carbonyl (C=O) groups excluding carboxylic acids is 1. The lowest BCUT2D eigenvalue weighted by atomic mass is 9.89. The van der Waals surface area contributed by atoms with E-state index in [0.717, 1.165) is 0 Å². The van der Waals surface area contributed by atoms with Crippen LogP contribution in [0.1, 0.15) is 45.4 Å². The molecule has 2 rings (SSSR count). The third kappa shape index (κ3) is 4.26. The average Bonchev–Trinajstić information content (AvgIpc) is 3.09. The number of aromatic nitrogens is 1. The van der Waals surface area contributed by atoms with E-state index >= 15 is 0 Å². The van der Waals surface area contributed by atoms with Gasteiger partial charge in [-0.05, 0) is 41.2 Å². The van der Waals surface area contributed by atoms with Crippen LogP contribution in [-0.4, -0.2) is 46.6 Å². The van der Waals surface area contributed by atoms with Crippen LogP contribution in [0.3, 0.4) is 0 Å². The monoisotopic (exact) mass is 392 g/mol. The fraction of sp³-hybridized carbons (Fsp3) is 0.450. The van der Waals surface area contributed by atoms with Crippen molar-refractivity contribution in [1.29, 1.82) is 0 Å². The van der Waals surface area contributed by atoms with Crippen LogP contribution < -0.4 is 5.73 Å². The van der Waals surface area contributed by atoms with Gasteiger partial charge >= 0.3 is 5.97 Å². The predicted molar refractivity (Wildman–Crippen MR) is 103 cm³/mol. The number of carbonyl (C=O) groups is 1. The number of aliphatic hydroxyl groups is 3. The van der Waals surface area contributed by atoms with E-state index < -0.39 is 5.97 Å². The van der Waals surface area contributed by atoms with E-state index in [1.54, 1.807) is 26.2 Å². The number of nitrogens with two attached hydrogens (primary N) is 1. The van der Waals surface area contributed by atoms with E-state index in [9.17, 15) is 20.1 Å². The molecule has 8 heteroatoms. The molecule has 0 bridgehead atoms. The molecule has 0 aliphatic heterocycles. The zero-order valence-corrected chi connectivity index (χ0v) is 16.2. The van der Waals surface area contributed by atoms with E-state index in [4.69, 9.17) is 15.2 Å². The Morgan fingerprint density at radius 3 is 2.36 bits per heavy atom. The summed E-state index contributed by atoms with van der Waals surface area (Å²) in [5.41, 5.74) is 10.3. The molecule has 1 heterocycles. The van der Waals surface area contributed by atoms with Gasteiger partial charge in [0.15, 0.2) is 0 Å². The number of benzene rings is 1. The van der Waals surface area contributed by atoms with Gasteiger partial charge in [0.1, 0.15) is 5.69 Å². The van der Waals surface area contributed by atoms with Crippen LogP contribution in [0.4, 0.5) is 0 Å². The number of esters is 1. The quantitative estimate of drug-likeness (QED) is 0.380. The largest absolute Gasteiger partial charge is 0.461 e. The second kappa shape index (κ2) is 10.4. The van der Waals surface area contributed by atoms with Crippen LogP contribution in [0.2, 0.25) is 0 Å². The van der Waals surface area contributed by atoms with Crippen molar-refractivity contribution in [3.8, 4) is 11.1 Å². The molecule has 8 nitrogen and oxygen atoms in total. The van der Waals surface area contributed by atoms with E-state index in [1.165, 1.54) is 0 Å². The Morgan fingerprint density at radius 1 is 1.11 bits per heavy atom. The van der Waals surface area contributed by atoms with Crippen molar-refractivity contribution in [3.05, 3.63) is 45.8 Å². The average molecular weight is 392 g/mol. The summed E-state index contributed by atoms with van der Waals surface area (Å²) in [6, 6.07) is 3.45. The van der Waals surface area contributed by atoms with Crippen molar-refractivity contribution in [2.24, 2.45) is 5.73 Å². The normalized spacial score (nSPS) is 11.1. The molecular weight excluding hydrogens is 364 g/mol. The summed E-state index contributed by atoms with van der Waals surface area (Å²) in [5.74, 6) is -0.491. The van der Waals surface area contributed by atoms with E-state index in [-0.39, 0.29) is 33.0 Å². The molecule has 2 aromatic rings. The molecule has 0 unspecified atom stereocenters. The summed E-state index contributed by atoms with van der Waals surface area (Å²) in [5, 5.41) is 29.3. The molecule has 154 valence electrons. The van der Waals surface area contributed by atoms with Gasteiger partial charge in [0.05, 0.1) is 33.0 Å². The molecule has 0 amide bonds. The Balaban J connectivity index is 2.78. The first-order chi connectivity index (χ1) is 13.6. The van der Waals surface area contributed by atoms with Gasteiger partial charge in [-0.1, -0.05) is 12.1 Å². The highest BCUT2D eigenvalue weighted by atomic mass is 16.5. The third-order valence-corrected chi connectivity index (χ3v) is 4.71.